The predicted octanol–water partition coefficient (Wildman–Crippen LogP) is 2.39. The van der Waals surface area contributed by atoms with Gasteiger partial charge in [-0.1, -0.05) is 19.1 Å². The van der Waals surface area contributed by atoms with Crippen LogP contribution in [0.15, 0.2) is 24.3 Å². The summed E-state index contributed by atoms with van der Waals surface area (Å²) < 4.78 is 13.4. The highest BCUT2D eigenvalue weighted by Gasteiger charge is 2.07. The lowest BCUT2D eigenvalue weighted by Gasteiger charge is -2.21. The lowest BCUT2D eigenvalue weighted by Crippen LogP contribution is -2.27. The second-order valence-corrected chi connectivity index (χ2v) is 3.83. The quantitative estimate of drug-likeness (QED) is 0.808. The van der Waals surface area contributed by atoms with Crippen LogP contribution in [0.3, 0.4) is 0 Å². The van der Waals surface area contributed by atoms with Gasteiger partial charge in [0.2, 0.25) is 0 Å². The van der Waals surface area contributed by atoms with Crippen molar-refractivity contribution >= 4 is 5.69 Å². The summed E-state index contributed by atoms with van der Waals surface area (Å²) in [6.07, 6.45) is 1.85. The summed E-state index contributed by atoms with van der Waals surface area (Å²) in [7, 11) is 1.89. The highest BCUT2D eigenvalue weighted by Crippen LogP contribution is 2.17. The number of anilines is 1. The maximum Gasteiger partial charge on any atom is 0.146 e. The van der Waals surface area contributed by atoms with Crippen LogP contribution in [0.25, 0.3) is 0 Å². The SMILES string of the molecule is CCC(N)CCN(C)c1ccccc1F. The second kappa shape index (κ2) is 5.71. The van der Waals surface area contributed by atoms with Crippen molar-refractivity contribution in [3.8, 4) is 0 Å². The molecule has 0 bridgehead atoms. The number of para-hydroxylation sites is 1. The van der Waals surface area contributed by atoms with Crippen LogP contribution in [0.4, 0.5) is 10.1 Å². The van der Waals surface area contributed by atoms with Crippen molar-refractivity contribution in [1.29, 1.82) is 0 Å². The number of hydrogen-bond acceptors (Lipinski definition) is 2. The van der Waals surface area contributed by atoms with E-state index in [0.717, 1.165) is 19.4 Å². The summed E-state index contributed by atoms with van der Waals surface area (Å²) in [4.78, 5) is 1.91. The molecule has 1 rings (SSSR count). The number of hydrogen-bond donors (Lipinski definition) is 1. The van der Waals surface area contributed by atoms with Crippen molar-refractivity contribution in [3.63, 3.8) is 0 Å². The molecule has 1 atom stereocenters. The summed E-state index contributed by atoms with van der Waals surface area (Å²) in [6.45, 7) is 2.85. The van der Waals surface area contributed by atoms with Crippen LogP contribution in [0.1, 0.15) is 19.8 Å². The molecule has 2 N–H and O–H groups in total. The van der Waals surface area contributed by atoms with Crippen molar-refractivity contribution in [2.45, 2.75) is 25.8 Å². The zero-order valence-corrected chi connectivity index (χ0v) is 9.41. The molecule has 0 aromatic heterocycles. The Balaban J connectivity index is 2.54. The molecule has 2 nitrogen and oxygen atoms in total. The average Bonchev–Trinajstić information content (AvgIpc) is 2.26. The molecule has 0 aliphatic heterocycles. The van der Waals surface area contributed by atoms with Crippen molar-refractivity contribution in [1.82, 2.24) is 0 Å². The van der Waals surface area contributed by atoms with Gasteiger partial charge in [-0.2, -0.15) is 0 Å². The Morgan fingerprint density at radius 2 is 2.07 bits per heavy atom. The van der Waals surface area contributed by atoms with Gasteiger partial charge in [0, 0.05) is 19.6 Å². The van der Waals surface area contributed by atoms with Crippen LogP contribution < -0.4 is 10.6 Å². The molecule has 84 valence electrons. The molecule has 1 aromatic rings. The van der Waals surface area contributed by atoms with E-state index in [2.05, 4.69) is 6.92 Å². The second-order valence-electron chi connectivity index (χ2n) is 3.83. The fourth-order valence-electron chi connectivity index (χ4n) is 1.45. The van der Waals surface area contributed by atoms with Gasteiger partial charge >= 0.3 is 0 Å². The predicted molar refractivity (Wildman–Crippen MR) is 62.6 cm³/mol. The molecule has 0 aliphatic rings. The Bertz CT molecular complexity index is 301. The van der Waals surface area contributed by atoms with Crippen LogP contribution in [-0.2, 0) is 0 Å². The molecular formula is C12H19FN2. The molecule has 0 radical (unpaired) electrons. The first-order valence-electron chi connectivity index (χ1n) is 5.36. The molecule has 1 aromatic carbocycles. The Kier molecular flexibility index (Phi) is 4.56. The zero-order valence-electron chi connectivity index (χ0n) is 9.41. The Labute approximate surface area is 90.9 Å². The van der Waals surface area contributed by atoms with Gasteiger partial charge in [-0.15, -0.1) is 0 Å². The number of rotatable bonds is 5. The third-order valence-corrected chi connectivity index (χ3v) is 2.62. The summed E-state index contributed by atoms with van der Waals surface area (Å²) >= 11 is 0. The van der Waals surface area contributed by atoms with Gasteiger partial charge in [-0.05, 0) is 25.0 Å². The highest BCUT2D eigenvalue weighted by atomic mass is 19.1. The van der Waals surface area contributed by atoms with Crippen LogP contribution in [0.5, 0.6) is 0 Å². The Hall–Kier alpha value is -1.09. The molecule has 0 heterocycles. The molecular weight excluding hydrogens is 191 g/mol. The first-order chi connectivity index (χ1) is 7.15. The Morgan fingerprint density at radius 3 is 2.67 bits per heavy atom. The van der Waals surface area contributed by atoms with Crippen molar-refractivity contribution < 1.29 is 4.39 Å². The van der Waals surface area contributed by atoms with Crippen molar-refractivity contribution in [2.24, 2.45) is 5.73 Å². The number of nitrogens with zero attached hydrogens (tertiary/aromatic N) is 1. The van der Waals surface area contributed by atoms with Crippen LogP contribution in [0.2, 0.25) is 0 Å². The molecule has 0 saturated heterocycles. The normalized spacial score (nSPS) is 12.5. The maximum absolute atomic E-state index is 13.4. The van der Waals surface area contributed by atoms with E-state index in [0.29, 0.717) is 5.69 Å². The molecule has 0 aliphatic carbocycles. The van der Waals surface area contributed by atoms with Crippen LogP contribution in [0, 0.1) is 5.82 Å². The lowest BCUT2D eigenvalue weighted by atomic mass is 10.1. The topological polar surface area (TPSA) is 29.3 Å². The third-order valence-electron chi connectivity index (χ3n) is 2.62. The van der Waals surface area contributed by atoms with E-state index in [-0.39, 0.29) is 11.9 Å². The number of halogens is 1. The first-order valence-corrected chi connectivity index (χ1v) is 5.36. The minimum absolute atomic E-state index is 0.176. The fraction of sp³-hybridized carbons (Fsp3) is 0.500. The molecule has 0 fully saturated rings. The maximum atomic E-state index is 13.4. The van der Waals surface area contributed by atoms with Gasteiger partial charge in [0.05, 0.1) is 5.69 Å². The first kappa shape index (κ1) is 12.0. The summed E-state index contributed by atoms with van der Waals surface area (Å²) in [5, 5.41) is 0. The highest BCUT2D eigenvalue weighted by molar-refractivity contribution is 5.46. The smallest absolute Gasteiger partial charge is 0.146 e. The largest absolute Gasteiger partial charge is 0.372 e. The fourth-order valence-corrected chi connectivity index (χ4v) is 1.45. The van der Waals surface area contributed by atoms with Gasteiger partial charge in [0.15, 0.2) is 0 Å². The molecule has 0 spiro atoms. The summed E-state index contributed by atoms with van der Waals surface area (Å²) in [5.74, 6) is -0.176. The zero-order chi connectivity index (χ0) is 11.3. The van der Waals surface area contributed by atoms with Gasteiger partial charge in [-0.25, -0.2) is 4.39 Å². The van der Waals surface area contributed by atoms with E-state index in [1.165, 1.54) is 6.07 Å². The molecule has 15 heavy (non-hydrogen) atoms. The Morgan fingerprint density at radius 1 is 1.40 bits per heavy atom. The molecule has 1 unspecified atom stereocenters. The molecule has 0 amide bonds. The average molecular weight is 210 g/mol. The minimum atomic E-state index is -0.176. The summed E-state index contributed by atoms with van der Waals surface area (Å²) in [5.41, 5.74) is 6.46. The third kappa shape index (κ3) is 3.51. The molecule has 3 heteroatoms. The van der Waals surface area contributed by atoms with Crippen molar-refractivity contribution in [2.75, 3.05) is 18.5 Å². The molecule has 0 saturated carbocycles. The standard InChI is InChI=1S/C12H19FN2/c1-3-10(14)8-9-15(2)12-7-5-4-6-11(12)13/h4-7,10H,3,8-9,14H2,1-2H3. The van der Waals surface area contributed by atoms with Crippen molar-refractivity contribution in [3.05, 3.63) is 30.1 Å². The number of nitrogens with two attached hydrogens (primary N) is 1. The van der Waals surface area contributed by atoms with E-state index in [1.54, 1.807) is 12.1 Å². The van der Waals surface area contributed by atoms with Gasteiger partial charge in [0.1, 0.15) is 5.82 Å². The monoisotopic (exact) mass is 210 g/mol. The van der Waals surface area contributed by atoms with E-state index in [9.17, 15) is 4.39 Å². The summed E-state index contributed by atoms with van der Waals surface area (Å²) in [6, 6.07) is 7.01. The van der Waals surface area contributed by atoms with E-state index >= 15 is 0 Å². The van der Waals surface area contributed by atoms with Gasteiger partial charge in [-0.3, -0.25) is 0 Å². The van der Waals surface area contributed by atoms with Crippen LogP contribution >= 0.6 is 0 Å². The van der Waals surface area contributed by atoms with Gasteiger partial charge in [0.25, 0.3) is 0 Å². The number of benzene rings is 1. The van der Waals surface area contributed by atoms with Crippen LogP contribution in [-0.4, -0.2) is 19.6 Å². The van der Waals surface area contributed by atoms with E-state index in [1.807, 2.05) is 18.0 Å². The van der Waals surface area contributed by atoms with E-state index < -0.39 is 0 Å². The lowest BCUT2D eigenvalue weighted by molar-refractivity contribution is 0.583. The van der Waals surface area contributed by atoms with Gasteiger partial charge < -0.3 is 10.6 Å². The minimum Gasteiger partial charge on any atom is -0.372 e. The van der Waals surface area contributed by atoms with E-state index in [4.69, 9.17) is 5.73 Å².